The second-order valence-corrected chi connectivity index (χ2v) is 8.03. The third-order valence-corrected chi connectivity index (χ3v) is 5.88. The number of rotatable bonds is 5. The predicted octanol–water partition coefficient (Wildman–Crippen LogP) is 4.65. The van der Waals surface area contributed by atoms with Crippen molar-refractivity contribution in [2.24, 2.45) is 4.99 Å². The van der Waals surface area contributed by atoms with Gasteiger partial charge in [-0.1, -0.05) is 30.3 Å². The summed E-state index contributed by atoms with van der Waals surface area (Å²) < 4.78 is 27.2. The third kappa shape index (κ3) is 5.91. The van der Waals surface area contributed by atoms with Crippen LogP contribution in [-0.4, -0.2) is 37.1 Å². The number of nitrogens with one attached hydrogen (secondary N) is 2. The molecule has 2 aromatic carbocycles. The highest BCUT2D eigenvalue weighted by Crippen LogP contribution is 2.24. The molecule has 0 saturated carbocycles. The molecule has 31 heavy (non-hydrogen) atoms. The Bertz CT molecular complexity index is 1030. The van der Waals surface area contributed by atoms with E-state index < -0.39 is 11.6 Å². The number of halogens is 3. The molecule has 0 spiro atoms. The van der Waals surface area contributed by atoms with E-state index in [4.69, 9.17) is 0 Å². The molecule has 3 aromatic rings. The van der Waals surface area contributed by atoms with Gasteiger partial charge in [0.15, 0.2) is 5.96 Å². The van der Waals surface area contributed by atoms with Crippen molar-refractivity contribution in [2.75, 3.05) is 25.0 Å². The van der Waals surface area contributed by atoms with Crippen molar-refractivity contribution in [3.8, 4) is 11.3 Å². The highest BCUT2D eigenvalue weighted by Gasteiger charge is 2.25. The lowest BCUT2D eigenvalue weighted by Crippen LogP contribution is -2.44. The van der Waals surface area contributed by atoms with Gasteiger partial charge < -0.3 is 15.5 Å². The SMILES string of the molecule is CN=C(NCc1nc(-c2ccccc2)cs1)NC1CCN(c2ccc(F)cc2F)C1.I. The topological polar surface area (TPSA) is 52.6 Å². The second kappa shape index (κ2) is 10.9. The van der Waals surface area contributed by atoms with E-state index >= 15 is 0 Å². The molecule has 0 aliphatic carbocycles. The molecule has 9 heteroatoms. The lowest BCUT2D eigenvalue weighted by Gasteiger charge is -2.20. The Balaban J connectivity index is 0.00000272. The number of nitrogens with zero attached hydrogens (tertiary/aromatic N) is 3. The minimum atomic E-state index is -0.563. The van der Waals surface area contributed by atoms with Crippen LogP contribution in [-0.2, 0) is 6.54 Å². The van der Waals surface area contributed by atoms with E-state index in [9.17, 15) is 8.78 Å². The van der Waals surface area contributed by atoms with Crippen molar-refractivity contribution in [3.05, 3.63) is 70.6 Å². The minimum Gasteiger partial charge on any atom is -0.367 e. The molecule has 2 heterocycles. The fourth-order valence-corrected chi connectivity index (χ4v) is 4.26. The first-order valence-electron chi connectivity index (χ1n) is 9.79. The minimum absolute atomic E-state index is 0. The Kier molecular flexibility index (Phi) is 8.19. The molecule has 0 amide bonds. The number of thiazole rings is 1. The summed E-state index contributed by atoms with van der Waals surface area (Å²) >= 11 is 1.60. The molecule has 1 atom stereocenters. The van der Waals surface area contributed by atoms with Gasteiger partial charge in [-0.3, -0.25) is 4.99 Å². The fourth-order valence-electron chi connectivity index (χ4n) is 3.52. The molecule has 1 aliphatic heterocycles. The molecule has 1 aromatic heterocycles. The number of aliphatic imine (C=N–C) groups is 1. The normalized spacial score (nSPS) is 16.2. The van der Waals surface area contributed by atoms with Crippen molar-refractivity contribution < 1.29 is 8.78 Å². The number of benzene rings is 2. The summed E-state index contributed by atoms with van der Waals surface area (Å²) in [4.78, 5) is 10.9. The van der Waals surface area contributed by atoms with Gasteiger partial charge in [0.25, 0.3) is 0 Å². The fraction of sp³-hybridized carbons (Fsp3) is 0.273. The van der Waals surface area contributed by atoms with E-state index in [1.165, 1.54) is 12.1 Å². The zero-order valence-electron chi connectivity index (χ0n) is 17.0. The van der Waals surface area contributed by atoms with Crippen LogP contribution in [0.15, 0.2) is 58.9 Å². The first-order chi connectivity index (χ1) is 14.6. The van der Waals surface area contributed by atoms with Crippen LogP contribution < -0.4 is 15.5 Å². The van der Waals surface area contributed by atoms with Crippen LogP contribution in [0.4, 0.5) is 14.5 Å². The maximum absolute atomic E-state index is 14.0. The Morgan fingerprint density at radius 3 is 2.77 bits per heavy atom. The van der Waals surface area contributed by atoms with Crippen LogP contribution in [0.2, 0.25) is 0 Å². The van der Waals surface area contributed by atoms with E-state index in [1.807, 2.05) is 35.2 Å². The molecule has 2 N–H and O–H groups in total. The maximum Gasteiger partial charge on any atom is 0.191 e. The molecule has 1 saturated heterocycles. The van der Waals surface area contributed by atoms with E-state index in [0.29, 0.717) is 31.3 Å². The molecule has 1 fully saturated rings. The zero-order chi connectivity index (χ0) is 20.9. The summed E-state index contributed by atoms with van der Waals surface area (Å²) in [5.74, 6) is -0.415. The lowest BCUT2D eigenvalue weighted by atomic mass is 10.2. The Labute approximate surface area is 201 Å². The van der Waals surface area contributed by atoms with Crippen LogP contribution in [0, 0.1) is 11.6 Å². The molecule has 1 unspecified atom stereocenters. The molecule has 1 aliphatic rings. The molecule has 4 rings (SSSR count). The van der Waals surface area contributed by atoms with Crippen LogP contribution in [0.5, 0.6) is 0 Å². The molecular weight excluding hydrogens is 531 g/mol. The van der Waals surface area contributed by atoms with Gasteiger partial charge in [0.05, 0.1) is 17.9 Å². The van der Waals surface area contributed by atoms with E-state index in [2.05, 4.69) is 26.0 Å². The van der Waals surface area contributed by atoms with Gasteiger partial charge >= 0.3 is 0 Å². The molecule has 0 bridgehead atoms. The highest BCUT2D eigenvalue weighted by atomic mass is 127. The number of aromatic nitrogens is 1. The molecule has 0 radical (unpaired) electrons. The summed E-state index contributed by atoms with van der Waals surface area (Å²) in [5.41, 5.74) is 2.49. The molecule has 164 valence electrons. The summed E-state index contributed by atoms with van der Waals surface area (Å²) in [6, 6.07) is 13.9. The quantitative estimate of drug-likeness (QED) is 0.274. The smallest absolute Gasteiger partial charge is 0.191 e. The van der Waals surface area contributed by atoms with Gasteiger partial charge in [-0.05, 0) is 18.6 Å². The second-order valence-electron chi connectivity index (χ2n) is 7.09. The average molecular weight is 555 g/mol. The number of hydrogen-bond acceptors (Lipinski definition) is 4. The Morgan fingerprint density at radius 2 is 2.03 bits per heavy atom. The average Bonchev–Trinajstić information content (AvgIpc) is 3.41. The van der Waals surface area contributed by atoms with Gasteiger partial charge in [0, 0.05) is 43.2 Å². The number of guanidine groups is 1. The standard InChI is InChI=1S/C22H23F2N5S.HI/c1-25-22(26-12-21-28-19(14-30-21)15-5-3-2-4-6-15)27-17-9-10-29(13-17)20-8-7-16(23)11-18(20)24;/h2-8,11,14,17H,9-10,12-13H2,1H3,(H2,25,26,27);1H. The van der Waals surface area contributed by atoms with Crippen molar-refractivity contribution in [2.45, 2.75) is 19.0 Å². The van der Waals surface area contributed by atoms with Gasteiger partial charge in [-0.15, -0.1) is 35.3 Å². The predicted molar refractivity (Wildman–Crippen MR) is 133 cm³/mol. The van der Waals surface area contributed by atoms with Crippen LogP contribution in [0.1, 0.15) is 11.4 Å². The zero-order valence-corrected chi connectivity index (χ0v) is 20.2. The van der Waals surface area contributed by atoms with E-state index in [-0.39, 0.29) is 30.0 Å². The Hall–Kier alpha value is -2.27. The van der Waals surface area contributed by atoms with Gasteiger partial charge in [0.1, 0.15) is 16.6 Å². The van der Waals surface area contributed by atoms with Gasteiger partial charge in [-0.25, -0.2) is 13.8 Å². The van der Waals surface area contributed by atoms with Crippen molar-refractivity contribution >= 4 is 47.0 Å². The lowest BCUT2D eigenvalue weighted by molar-refractivity contribution is 0.580. The third-order valence-electron chi connectivity index (χ3n) is 5.03. The Morgan fingerprint density at radius 1 is 1.23 bits per heavy atom. The van der Waals surface area contributed by atoms with E-state index in [1.54, 1.807) is 18.4 Å². The van der Waals surface area contributed by atoms with Crippen LogP contribution >= 0.6 is 35.3 Å². The summed E-state index contributed by atoms with van der Waals surface area (Å²) in [7, 11) is 1.72. The highest BCUT2D eigenvalue weighted by molar-refractivity contribution is 14.0. The number of hydrogen-bond donors (Lipinski definition) is 2. The van der Waals surface area contributed by atoms with Crippen molar-refractivity contribution in [1.29, 1.82) is 0 Å². The van der Waals surface area contributed by atoms with Gasteiger partial charge in [0.2, 0.25) is 0 Å². The molecular formula is C22H24F2IN5S. The first kappa shape index (κ1) is 23.4. The summed E-state index contributed by atoms with van der Waals surface area (Å²) in [6.07, 6.45) is 0.840. The van der Waals surface area contributed by atoms with Crippen LogP contribution in [0.3, 0.4) is 0 Å². The first-order valence-corrected chi connectivity index (χ1v) is 10.7. The summed E-state index contributed by atoms with van der Waals surface area (Å²) in [6.45, 7) is 1.89. The van der Waals surface area contributed by atoms with Crippen LogP contribution in [0.25, 0.3) is 11.3 Å². The van der Waals surface area contributed by atoms with Gasteiger partial charge in [-0.2, -0.15) is 0 Å². The maximum atomic E-state index is 14.0. The largest absolute Gasteiger partial charge is 0.367 e. The summed E-state index contributed by atoms with van der Waals surface area (Å²) in [5, 5.41) is 9.70. The van der Waals surface area contributed by atoms with E-state index in [0.717, 1.165) is 28.8 Å². The monoisotopic (exact) mass is 555 g/mol. The van der Waals surface area contributed by atoms with Crippen molar-refractivity contribution in [3.63, 3.8) is 0 Å². The molecule has 5 nitrogen and oxygen atoms in total. The van der Waals surface area contributed by atoms with Crippen molar-refractivity contribution in [1.82, 2.24) is 15.6 Å². The number of anilines is 1.